The Bertz CT molecular complexity index is 1400. The topological polar surface area (TPSA) is 74.2 Å². The highest BCUT2D eigenvalue weighted by Gasteiger charge is 2.24. The van der Waals surface area contributed by atoms with Crippen molar-refractivity contribution in [2.75, 3.05) is 31.1 Å². The summed E-state index contributed by atoms with van der Waals surface area (Å²) in [6.45, 7) is 4.74. The quantitative estimate of drug-likeness (QED) is 0.471. The van der Waals surface area contributed by atoms with E-state index in [9.17, 15) is 9.59 Å². The zero-order valence-electron chi connectivity index (χ0n) is 18.1. The Labute approximate surface area is 200 Å². The van der Waals surface area contributed by atoms with E-state index in [4.69, 9.17) is 23.2 Å². The summed E-state index contributed by atoms with van der Waals surface area (Å²) in [5.74, 6) is 0.0131. The highest BCUT2D eigenvalue weighted by molar-refractivity contribution is 6.39. The second-order valence-corrected chi connectivity index (χ2v) is 9.14. The number of nitrogens with zero attached hydrogens (tertiary/aromatic N) is 4. The normalized spacial score (nSPS) is 14.4. The maximum Gasteiger partial charge on any atom is 0.277 e. The smallest absolute Gasteiger partial charge is 0.277 e. The highest BCUT2D eigenvalue weighted by Crippen LogP contribution is 2.34. The third-order valence-corrected chi connectivity index (χ3v) is 6.79. The fraction of sp³-hybridized carbons (Fsp3) is 0.292. The van der Waals surface area contributed by atoms with Gasteiger partial charge in [-0.25, -0.2) is 4.98 Å². The van der Waals surface area contributed by atoms with Crippen LogP contribution in [0.1, 0.15) is 12.0 Å². The van der Waals surface area contributed by atoms with Crippen molar-refractivity contribution in [1.82, 2.24) is 19.4 Å². The average Bonchev–Trinajstić information content (AvgIpc) is 3.17. The van der Waals surface area contributed by atoms with Crippen molar-refractivity contribution < 1.29 is 4.79 Å². The van der Waals surface area contributed by atoms with E-state index >= 15 is 0 Å². The second-order valence-electron chi connectivity index (χ2n) is 8.33. The van der Waals surface area contributed by atoms with Gasteiger partial charge >= 0.3 is 0 Å². The first-order chi connectivity index (χ1) is 15.9. The molecule has 0 bridgehead atoms. The number of halogens is 2. The Kier molecular flexibility index (Phi) is 5.76. The van der Waals surface area contributed by atoms with Gasteiger partial charge in [-0.1, -0.05) is 41.4 Å². The molecule has 1 saturated heterocycles. The third-order valence-electron chi connectivity index (χ3n) is 6.18. The van der Waals surface area contributed by atoms with E-state index in [0.717, 1.165) is 22.2 Å². The number of benzene rings is 2. The van der Waals surface area contributed by atoms with Gasteiger partial charge in [0.15, 0.2) is 0 Å². The van der Waals surface area contributed by atoms with Crippen LogP contribution in [0.3, 0.4) is 0 Å². The molecular formula is C24H23Cl2N5O2. The van der Waals surface area contributed by atoms with Crippen LogP contribution in [0.15, 0.2) is 47.5 Å². The van der Waals surface area contributed by atoms with Crippen LogP contribution < -0.4 is 10.5 Å². The first-order valence-corrected chi connectivity index (χ1v) is 11.6. The molecule has 1 N–H and O–H groups in total. The van der Waals surface area contributed by atoms with E-state index in [1.165, 1.54) is 10.9 Å². The number of carbonyl (C=O) groups excluding carboxylic acids is 1. The predicted molar refractivity (Wildman–Crippen MR) is 132 cm³/mol. The number of aromatic nitrogens is 3. The van der Waals surface area contributed by atoms with Crippen molar-refractivity contribution in [2.45, 2.75) is 19.9 Å². The van der Waals surface area contributed by atoms with Crippen molar-refractivity contribution in [3.05, 3.63) is 68.7 Å². The summed E-state index contributed by atoms with van der Waals surface area (Å²) >= 11 is 12.6. The summed E-state index contributed by atoms with van der Waals surface area (Å²) in [7, 11) is 0. The molecule has 0 unspecified atom stereocenters. The van der Waals surface area contributed by atoms with Gasteiger partial charge in [-0.05, 0) is 30.7 Å². The van der Waals surface area contributed by atoms with Crippen molar-refractivity contribution >= 4 is 56.7 Å². The van der Waals surface area contributed by atoms with Crippen LogP contribution in [0.5, 0.6) is 0 Å². The molecule has 1 amide bonds. The molecule has 1 aliphatic heterocycles. The fourth-order valence-corrected chi connectivity index (χ4v) is 5.05. The first kappa shape index (κ1) is 21.8. The Morgan fingerprint density at radius 3 is 2.55 bits per heavy atom. The zero-order chi connectivity index (χ0) is 23.1. The number of piperazine rings is 1. The Morgan fingerprint density at radius 2 is 1.82 bits per heavy atom. The van der Waals surface area contributed by atoms with Crippen LogP contribution in [-0.4, -0.2) is 51.5 Å². The van der Waals surface area contributed by atoms with Gasteiger partial charge in [0.1, 0.15) is 11.0 Å². The van der Waals surface area contributed by atoms with E-state index in [1.807, 2.05) is 48.2 Å². The van der Waals surface area contributed by atoms with E-state index in [2.05, 4.69) is 14.9 Å². The number of rotatable bonds is 4. The minimum Gasteiger partial charge on any atom is -0.366 e. The van der Waals surface area contributed by atoms with Crippen molar-refractivity contribution in [1.29, 1.82) is 0 Å². The van der Waals surface area contributed by atoms with Crippen LogP contribution >= 0.6 is 23.2 Å². The van der Waals surface area contributed by atoms with Gasteiger partial charge in [0.2, 0.25) is 5.91 Å². The lowest BCUT2D eigenvalue weighted by atomic mass is 10.2. The van der Waals surface area contributed by atoms with Gasteiger partial charge in [0, 0.05) is 50.0 Å². The summed E-state index contributed by atoms with van der Waals surface area (Å²) < 4.78 is 1.50. The largest absolute Gasteiger partial charge is 0.366 e. The van der Waals surface area contributed by atoms with E-state index in [1.54, 1.807) is 0 Å². The summed E-state index contributed by atoms with van der Waals surface area (Å²) in [5.41, 5.74) is 3.77. The summed E-state index contributed by atoms with van der Waals surface area (Å²) in [4.78, 5) is 37.4. The molecule has 2 aromatic heterocycles. The van der Waals surface area contributed by atoms with Crippen molar-refractivity contribution in [3.63, 3.8) is 0 Å². The number of hydrogen-bond donors (Lipinski definition) is 1. The molecule has 0 atom stereocenters. The molecule has 4 aromatic rings. The van der Waals surface area contributed by atoms with Gasteiger partial charge in [-0.3, -0.25) is 14.2 Å². The van der Waals surface area contributed by atoms with Crippen LogP contribution in [0.25, 0.3) is 21.9 Å². The molecule has 0 spiro atoms. The van der Waals surface area contributed by atoms with E-state index < -0.39 is 0 Å². The van der Waals surface area contributed by atoms with E-state index in [0.29, 0.717) is 47.3 Å². The molecule has 1 aliphatic rings. The molecule has 7 nitrogen and oxygen atoms in total. The number of nitrogens with one attached hydrogen (secondary N) is 1. The van der Waals surface area contributed by atoms with Crippen molar-refractivity contribution in [2.24, 2.45) is 0 Å². The van der Waals surface area contributed by atoms with E-state index in [-0.39, 0.29) is 24.4 Å². The number of aromatic amines is 1. The van der Waals surface area contributed by atoms with Crippen LogP contribution in [0.4, 0.5) is 5.69 Å². The average molecular weight is 484 g/mol. The zero-order valence-corrected chi connectivity index (χ0v) is 19.7. The number of fused-ring (bicyclic) bond motifs is 3. The second kappa shape index (κ2) is 8.72. The summed E-state index contributed by atoms with van der Waals surface area (Å²) in [6, 6.07) is 11.4. The maximum absolute atomic E-state index is 13.0. The molecule has 2 aromatic carbocycles. The molecule has 5 rings (SSSR count). The number of aryl methyl sites for hydroxylation is 2. The minimum atomic E-state index is -0.167. The van der Waals surface area contributed by atoms with Crippen LogP contribution in [-0.2, 0) is 11.3 Å². The lowest BCUT2D eigenvalue weighted by molar-refractivity contribution is -0.131. The van der Waals surface area contributed by atoms with Crippen molar-refractivity contribution in [3.8, 4) is 0 Å². The fourth-order valence-electron chi connectivity index (χ4n) is 4.41. The van der Waals surface area contributed by atoms with Gasteiger partial charge in [0.25, 0.3) is 5.56 Å². The number of hydrogen-bond acceptors (Lipinski definition) is 4. The maximum atomic E-state index is 13.0. The lowest BCUT2D eigenvalue weighted by Crippen LogP contribution is -2.49. The number of para-hydroxylation sites is 1. The molecular weight excluding hydrogens is 461 g/mol. The first-order valence-electron chi connectivity index (χ1n) is 10.9. The molecule has 170 valence electrons. The molecule has 9 heteroatoms. The Balaban J connectivity index is 1.25. The molecule has 0 saturated carbocycles. The van der Waals surface area contributed by atoms with Gasteiger partial charge in [-0.2, -0.15) is 0 Å². The Hall–Kier alpha value is -3.03. The molecule has 1 fully saturated rings. The lowest BCUT2D eigenvalue weighted by Gasteiger charge is -2.37. The third kappa shape index (κ3) is 4.07. The number of anilines is 1. The summed E-state index contributed by atoms with van der Waals surface area (Å²) in [6.07, 6.45) is 1.77. The minimum absolute atomic E-state index is 0.0131. The van der Waals surface area contributed by atoms with Gasteiger partial charge in [-0.15, -0.1) is 0 Å². The van der Waals surface area contributed by atoms with Gasteiger partial charge < -0.3 is 14.8 Å². The number of H-pyrrole nitrogens is 1. The highest BCUT2D eigenvalue weighted by atomic mass is 35.5. The van der Waals surface area contributed by atoms with Crippen LogP contribution in [0.2, 0.25) is 10.0 Å². The number of amides is 1. The number of carbonyl (C=O) groups is 1. The monoisotopic (exact) mass is 483 g/mol. The predicted octanol–water partition coefficient (Wildman–Crippen LogP) is 4.23. The molecule has 33 heavy (non-hydrogen) atoms. The molecule has 0 aliphatic carbocycles. The van der Waals surface area contributed by atoms with Crippen LogP contribution in [0, 0.1) is 6.92 Å². The van der Waals surface area contributed by atoms with Gasteiger partial charge in [0.05, 0.1) is 22.1 Å². The summed E-state index contributed by atoms with van der Waals surface area (Å²) in [5, 5.41) is 2.14. The Morgan fingerprint density at radius 1 is 1.09 bits per heavy atom. The SMILES string of the molecule is Cc1ccc2c(c1)[nH]c1c(=O)n(CCC(=O)N3CCN(c4c(Cl)cccc4Cl)CC3)cnc12. The molecule has 0 radical (unpaired) electrons. The molecule has 3 heterocycles. The standard InChI is InChI=1S/C24H23Cl2N5O2/c1-15-5-6-16-19(13-15)28-22-21(16)27-14-31(24(22)33)8-7-20(32)29-9-11-30(12-10-29)23-17(25)3-2-4-18(23)26/h2-6,13-14,28H,7-12H2,1H3.